The number of hydrogen-bond donors (Lipinski definition) is 2. The Hall–Kier alpha value is -1.84. The predicted molar refractivity (Wildman–Crippen MR) is 81.6 cm³/mol. The van der Waals surface area contributed by atoms with Gasteiger partial charge in [0.05, 0.1) is 0 Å². The highest BCUT2D eigenvalue weighted by molar-refractivity contribution is 6.39. The fraction of sp³-hybridized carbons (Fsp3) is 0.500. The second-order valence-electron chi connectivity index (χ2n) is 5.04. The molecule has 1 aromatic rings. The predicted octanol–water partition coefficient (Wildman–Crippen LogP) is 2.88. The number of benzene rings is 1. The van der Waals surface area contributed by atoms with Crippen molar-refractivity contribution in [3.63, 3.8) is 0 Å². The SMILES string of the molecule is CCCCc1ccc(NC(=O)C(=O)N[C@H](C)CC)cc1. The molecule has 1 aromatic carbocycles. The van der Waals surface area contributed by atoms with Crippen LogP contribution in [-0.2, 0) is 16.0 Å². The van der Waals surface area contributed by atoms with Gasteiger partial charge in [-0.25, -0.2) is 0 Å². The van der Waals surface area contributed by atoms with E-state index < -0.39 is 11.8 Å². The highest BCUT2D eigenvalue weighted by Gasteiger charge is 2.15. The fourth-order valence-corrected chi connectivity index (χ4v) is 1.71. The van der Waals surface area contributed by atoms with Gasteiger partial charge < -0.3 is 10.6 Å². The molecule has 4 heteroatoms. The van der Waals surface area contributed by atoms with Gasteiger partial charge in [-0.2, -0.15) is 0 Å². The van der Waals surface area contributed by atoms with E-state index in [0.29, 0.717) is 5.69 Å². The number of rotatable bonds is 6. The summed E-state index contributed by atoms with van der Waals surface area (Å²) in [7, 11) is 0. The van der Waals surface area contributed by atoms with Crippen LogP contribution in [0.15, 0.2) is 24.3 Å². The monoisotopic (exact) mass is 276 g/mol. The Morgan fingerprint density at radius 1 is 1.10 bits per heavy atom. The van der Waals surface area contributed by atoms with Crippen LogP contribution in [-0.4, -0.2) is 17.9 Å². The van der Waals surface area contributed by atoms with Crippen molar-refractivity contribution < 1.29 is 9.59 Å². The third kappa shape index (κ3) is 5.43. The standard InChI is InChI=1S/C16H24N2O2/c1-4-6-7-13-8-10-14(11-9-13)18-16(20)15(19)17-12(3)5-2/h8-12H,4-7H2,1-3H3,(H,17,19)(H,18,20)/t12-/m1/s1. The van der Waals surface area contributed by atoms with Crippen LogP contribution in [0.25, 0.3) is 0 Å². The first-order valence-electron chi connectivity index (χ1n) is 7.27. The summed E-state index contributed by atoms with van der Waals surface area (Å²) < 4.78 is 0. The Bertz CT molecular complexity index is 440. The van der Waals surface area contributed by atoms with Crippen molar-refractivity contribution in [3.05, 3.63) is 29.8 Å². The second-order valence-corrected chi connectivity index (χ2v) is 5.04. The van der Waals surface area contributed by atoms with Crippen LogP contribution in [0.5, 0.6) is 0 Å². The summed E-state index contributed by atoms with van der Waals surface area (Å²) in [4.78, 5) is 23.3. The zero-order chi connectivity index (χ0) is 15.0. The second kappa shape index (κ2) is 8.35. The zero-order valence-electron chi connectivity index (χ0n) is 12.5. The van der Waals surface area contributed by atoms with Crippen molar-refractivity contribution >= 4 is 17.5 Å². The molecule has 4 nitrogen and oxygen atoms in total. The van der Waals surface area contributed by atoms with E-state index in [2.05, 4.69) is 17.6 Å². The molecule has 2 N–H and O–H groups in total. The third-order valence-corrected chi connectivity index (χ3v) is 3.23. The molecular formula is C16H24N2O2. The number of carbonyl (C=O) groups excluding carboxylic acids is 2. The number of aryl methyl sites for hydroxylation is 1. The summed E-state index contributed by atoms with van der Waals surface area (Å²) >= 11 is 0. The van der Waals surface area contributed by atoms with Crippen molar-refractivity contribution in [2.24, 2.45) is 0 Å². The van der Waals surface area contributed by atoms with E-state index in [1.807, 2.05) is 38.1 Å². The van der Waals surface area contributed by atoms with E-state index in [9.17, 15) is 9.59 Å². The number of hydrogen-bond acceptors (Lipinski definition) is 2. The van der Waals surface area contributed by atoms with Crippen molar-refractivity contribution in [2.45, 2.75) is 52.5 Å². The van der Waals surface area contributed by atoms with Gasteiger partial charge in [0.1, 0.15) is 0 Å². The molecule has 1 atom stereocenters. The van der Waals surface area contributed by atoms with Gasteiger partial charge in [-0.05, 0) is 43.9 Å². The molecule has 0 spiro atoms. The van der Waals surface area contributed by atoms with Gasteiger partial charge in [0.15, 0.2) is 0 Å². The molecule has 0 fully saturated rings. The molecule has 2 amide bonds. The van der Waals surface area contributed by atoms with Gasteiger partial charge in [-0.15, -0.1) is 0 Å². The molecule has 0 heterocycles. The van der Waals surface area contributed by atoms with Crippen LogP contribution in [0.4, 0.5) is 5.69 Å². The highest BCUT2D eigenvalue weighted by Crippen LogP contribution is 2.11. The largest absolute Gasteiger partial charge is 0.345 e. The van der Waals surface area contributed by atoms with E-state index in [1.54, 1.807) is 0 Å². The molecule has 0 aromatic heterocycles. The lowest BCUT2D eigenvalue weighted by Gasteiger charge is -2.11. The Labute approximate surface area is 121 Å². The highest BCUT2D eigenvalue weighted by atomic mass is 16.2. The van der Waals surface area contributed by atoms with Crippen LogP contribution in [0.1, 0.15) is 45.6 Å². The van der Waals surface area contributed by atoms with Gasteiger partial charge in [-0.3, -0.25) is 9.59 Å². The number of carbonyl (C=O) groups is 2. The lowest BCUT2D eigenvalue weighted by molar-refractivity contribution is -0.136. The molecule has 20 heavy (non-hydrogen) atoms. The lowest BCUT2D eigenvalue weighted by atomic mass is 10.1. The van der Waals surface area contributed by atoms with Crippen molar-refractivity contribution in [1.82, 2.24) is 5.32 Å². The van der Waals surface area contributed by atoms with Crippen LogP contribution >= 0.6 is 0 Å². The quantitative estimate of drug-likeness (QED) is 0.785. The molecule has 110 valence electrons. The molecule has 0 unspecified atom stereocenters. The molecule has 0 aliphatic rings. The number of nitrogens with one attached hydrogen (secondary N) is 2. The number of amides is 2. The first-order valence-corrected chi connectivity index (χ1v) is 7.27. The van der Waals surface area contributed by atoms with Crippen LogP contribution < -0.4 is 10.6 Å². The Kier molecular flexibility index (Phi) is 6.77. The summed E-state index contributed by atoms with van der Waals surface area (Å²) in [5.74, 6) is -1.21. The molecule has 0 saturated carbocycles. The van der Waals surface area contributed by atoms with Gasteiger partial charge in [0.2, 0.25) is 0 Å². The average molecular weight is 276 g/mol. The average Bonchev–Trinajstić information content (AvgIpc) is 2.46. The minimum Gasteiger partial charge on any atom is -0.345 e. The maximum atomic E-state index is 11.7. The Morgan fingerprint density at radius 2 is 1.75 bits per heavy atom. The van der Waals surface area contributed by atoms with E-state index >= 15 is 0 Å². The first kappa shape index (κ1) is 16.2. The maximum absolute atomic E-state index is 11.7. The molecule has 0 bridgehead atoms. The minimum atomic E-state index is -0.619. The Balaban J connectivity index is 2.51. The summed E-state index contributed by atoms with van der Waals surface area (Å²) in [5.41, 5.74) is 1.89. The minimum absolute atomic E-state index is 0.00432. The number of unbranched alkanes of at least 4 members (excludes halogenated alkanes) is 1. The van der Waals surface area contributed by atoms with Crippen LogP contribution in [0, 0.1) is 0 Å². The maximum Gasteiger partial charge on any atom is 0.313 e. The molecule has 0 aliphatic carbocycles. The molecule has 0 saturated heterocycles. The molecular weight excluding hydrogens is 252 g/mol. The molecule has 0 radical (unpaired) electrons. The van der Waals surface area contributed by atoms with Gasteiger partial charge >= 0.3 is 11.8 Å². The first-order chi connectivity index (χ1) is 9.56. The zero-order valence-corrected chi connectivity index (χ0v) is 12.5. The van der Waals surface area contributed by atoms with E-state index in [-0.39, 0.29) is 6.04 Å². The van der Waals surface area contributed by atoms with Crippen LogP contribution in [0.3, 0.4) is 0 Å². The van der Waals surface area contributed by atoms with E-state index in [0.717, 1.165) is 25.7 Å². The number of anilines is 1. The van der Waals surface area contributed by atoms with E-state index in [1.165, 1.54) is 5.56 Å². The summed E-state index contributed by atoms with van der Waals surface area (Å²) in [5, 5.41) is 5.24. The van der Waals surface area contributed by atoms with Gasteiger partial charge in [-0.1, -0.05) is 32.4 Å². The van der Waals surface area contributed by atoms with Gasteiger partial charge in [0.25, 0.3) is 0 Å². The summed E-state index contributed by atoms with van der Waals surface area (Å²) in [6, 6.07) is 7.64. The van der Waals surface area contributed by atoms with E-state index in [4.69, 9.17) is 0 Å². The van der Waals surface area contributed by atoms with Crippen molar-refractivity contribution in [3.8, 4) is 0 Å². The summed E-state index contributed by atoms with van der Waals surface area (Å²) in [6.07, 6.45) is 4.15. The van der Waals surface area contributed by atoms with Crippen molar-refractivity contribution in [2.75, 3.05) is 5.32 Å². The van der Waals surface area contributed by atoms with Crippen molar-refractivity contribution in [1.29, 1.82) is 0 Å². The molecule has 0 aliphatic heterocycles. The smallest absolute Gasteiger partial charge is 0.313 e. The third-order valence-electron chi connectivity index (χ3n) is 3.23. The Morgan fingerprint density at radius 3 is 2.30 bits per heavy atom. The summed E-state index contributed by atoms with van der Waals surface area (Å²) in [6.45, 7) is 5.98. The lowest BCUT2D eigenvalue weighted by Crippen LogP contribution is -2.40. The van der Waals surface area contributed by atoms with Crippen LogP contribution in [0.2, 0.25) is 0 Å². The van der Waals surface area contributed by atoms with Gasteiger partial charge in [0, 0.05) is 11.7 Å². The normalized spacial score (nSPS) is 11.8. The molecule has 1 rings (SSSR count). The fourth-order valence-electron chi connectivity index (χ4n) is 1.71. The topological polar surface area (TPSA) is 58.2 Å².